The lowest BCUT2D eigenvalue weighted by atomic mass is 9.94. The summed E-state index contributed by atoms with van der Waals surface area (Å²) in [4.78, 5) is 24.3. The van der Waals surface area contributed by atoms with E-state index < -0.39 is 11.8 Å². The van der Waals surface area contributed by atoms with Crippen LogP contribution in [0, 0.1) is 11.3 Å². The molecule has 27 heavy (non-hydrogen) atoms. The van der Waals surface area contributed by atoms with Crippen molar-refractivity contribution in [3.8, 4) is 6.07 Å². The summed E-state index contributed by atoms with van der Waals surface area (Å²) in [6.07, 6.45) is 0. The average molecular weight is 422 g/mol. The Hall–Kier alpha value is -2.20. The summed E-state index contributed by atoms with van der Waals surface area (Å²) >= 11 is 13.5. The Morgan fingerprint density at radius 1 is 1.19 bits per heavy atom. The molecule has 0 fully saturated rings. The number of thioether (sulfide) groups is 1. The molecule has 0 radical (unpaired) electrons. The van der Waals surface area contributed by atoms with Gasteiger partial charge in [0.15, 0.2) is 0 Å². The van der Waals surface area contributed by atoms with E-state index in [2.05, 4.69) is 5.32 Å². The number of benzene rings is 2. The second-order valence-electron chi connectivity index (χ2n) is 5.64. The molecule has 0 spiro atoms. The molecule has 3 N–H and O–H groups in total. The molecule has 8 heteroatoms. The van der Waals surface area contributed by atoms with E-state index in [1.165, 1.54) is 11.8 Å². The summed E-state index contributed by atoms with van der Waals surface area (Å²) in [5, 5.41) is 12.2. The largest absolute Gasteiger partial charge is 0.366 e. The van der Waals surface area contributed by atoms with Crippen molar-refractivity contribution in [1.82, 2.24) is 5.32 Å². The predicted octanol–water partition coefficient (Wildman–Crippen LogP) is 3.75. The van der Waals surface area contributed by atoms with Crippen molar-refractivity contribution in [2.45, 2.75) is 11.7 Å². The molecule has 0 aliphatic heterocycles. The van der Waals surface area contributed by atoms with Gasteiger partial charge in [-0.2, -0.15) is 17.0 Å². The van der Waals surface area contributed by atoms with E-state index >= 15 is 0 Å². The molecule has 1 unspecified atom stereocenters. The first-order valence-corrected chi connectivity index (χ1v) is 9.90. The van der Waals surface area contributed by atoms with Crippen LogP contribution in [-0.4, -0.2) is 24.1 Å². The van der Waals surface area contributed by atoms with Crippen LogP contribution >= 0.6 is 35.0 Å². The molecule has 2 rings (SSSR count). The molecule has 0 saturated carbocycles. The third-order valence-electron chi connectivity index (χ3n) is 3.80. The fraction of sp³-hybridized carbons (Fsp3) is 0.211. The van der Waals surface area contributed by atoms with E-state index in [4.69, 9.17) is 34.2 Å². The summed E-state index contributed by atoms with van der Waals surface area (Å²) < 4.78 is 0. The van der Waals surface area contributed by atoms with Crippen LogP contribution in [0.4, 0.5) is 0 Å². The molecule has 5 nitrogen and oxygen atoms in total. The average Bonchev–Trinajstić information content (AvgIpc) is 2.66. The molecule has 0 bridgehead atoms. The van der Waals surface area contributed by atoms with E-state index in [9.17, 15) is 9.59 Å². The highest BCUT2D eigenvalue weighted by Gasteiger charge is 2.24. The number of hydrogen-bond donors (Lipinski definition) is 2. The lowest BCUT2D eigenvalue weighted by Gasteiger charge is -2.18. The zero-order chi connectivity index (χ0) is 19.8. The van der Waals surface area contributed by atoms with E-state index in [0.717, 1.165) is 5.56 Å². The highest BCUT2D eigenvalue weighted by Crippen LogP contribution is 2.28. The number of halogens is 2. The Kier molecular flexibility index (Phi) is 7.99. The van der Waals surface area contributed by atoms with Gasteiger partial charge in [-0.05, 0) is 29.3 Å². The van der Waals surface area contributed by atoms with Crippen LogP contribution in [-0.2, 0) is 10.5 Å². The Labute approximate surface area is 171 Å². The Bertz CT molecular complexity index is 883. The van der Waals surface area contributed by atoms with E-state index in [1.54, 1.807) is 36.4 Å². The van der Waals surface area contributed by atoms with Gasteiger partial charge >= 0.3 is 0 Å². The number of nitrogens with one attached hydrogen (secondary N) is 1. The number of nitrogens with zero attached hydrogens (tertiary/aromatic N) is 1. The van der Waals surface area contributed by atoms with Crippen molar-refractivity contribution >= 4 is 46.8 Å². The monoisotopic (exact) mass is 421 g/mol. The molecule has 0 aromatic heterocycles. The van der Waals surface area contributed by atoms with Gasteiger partial charge in [-0.1, -0.05) is 47.5 Å². The second-order valence-corrected chi connectivity index (χ2v) is 7.49. The molecule has 0 saturated heterocycles. The van der Waals surface area contributed by atoms with Gasteiger partial charge in [0.05, 0.1) is 22.0 Å². The van der Waals surface area contributed by atoms with Gasteiger partial charge < -0.3 is 11.1 Å². The van der Waals surface area contributed by atoms with Crippen LogP contribution in [0.2, 0.25) is 10.0 Å². The smallest absolute Gasteiger partial charge is 0.249 e. The van der Waals surface area contributed by atoms with Crippen LogP contribution in [0.25, 0.3) is 0 Å². The molecular formula is C19H17Cl2N3O2S. The van der Waals surface area contributed by atoms with E-state index in [0.29, 0.717) is 32.7 Å². The van der Waals surface area contributed by atoms with Crippen molar-refractivity contribution in [2.75, 3.05) is 12.3 Å². The molecule has 1 atom stereocenters. The number of primary amides is 1. The molecule has 2 aromatic carbocycles. The van der Waals surface area contributed by atoms with E-state index in [1.807, 2.05) is 12.1 Å². The number of nitriles is 1. The maximum atomic E-state index is 12.6. The molecule has 0 heterocycles. The van der Waals surface area contributed by atoms with Crippen LogP contribution in [0.5, 0.6) is 0 Å². The highest BCUT2D eigenvalue weighted by atomic mass is 35.5. The summed E-state index contributed by atoms with van der Waals surface area (Å²) in [5.74, 6) is -0.528. The van der Waals surface area contributed by atoms with Crippen LogP contribution < -0.4 is 11.1 Å². The Morgan fingerprint density at radius 2 is 1.93 bits per heavy atom. The highest BCUT2D eigenvalue weighted by molar-refractivity contribution is 7.98. The van der Waals surface area contributed by atoms with Crippen LogP contribution in [0.15, 0.2) is 42.5 Å². The van der Waals surface area contributed by atoms with Gasteiger partial charge in [0, 0.05) is 17.1 Å². The summed E-state index contributed by atoms with van der Waals surface area (Å²) in [5.41, 5.74) is 7.25. The molecule has 2 amide bonds. The fourth-order valence-electron chi connectivity index (χ4n) is 2.51. The Balaban J connectivity index is 2.18. The van der Waals surface area contributed by atoms with Gasteiger partial charge in [0.2, 0.25) is 11.8 Å². The van der Waals surface area contributed by atoms with Gasteiger partial charge in [-0.25, -0.2) is 0 Å². The third kappa shape index (κ3) is 5.90. The molecule has 0 aliphatic carbocycles. The lowest BCUT2D eigenvalue weighted by molar-refractivity contribution is -0.121. The zero-order valence-corrected chi connectivity index (χ0v) is 16.6. The van der Waals surface area contributed by atoms with Crippen molar-refractivity contribution < 1.29 is 9.59 Å². The quantitative estimate of drug-likeness (QED) is 0.634. The van der Waals surface area contributed by atoms with Gasteiger partial charge in [0.1, 0.15) is 6.54 Å². The first-order chi connectivity index (χ1) is 12.9. The second kappa shape index (κ2) is 10.2. The van der Waals surface area contributed by atoms with Gasteiger partial charge in [-0.15, -0.1) is 0 Å². The molecular weight excluding hydrogens is 405 g/mol. The molecule has 0 aliphatic rings. The lowest BCUT2D eigenvalue weighted by Crippen LogP contribution is -2.32. The number of carbonyl (C=O) groups is 2. The standard InChI is InChI=1S/C19H17Cl2N3O2S/c20-16-6-5-12(9-17(16)21)10-27-11-15(19(26)24-8-7-22)13-3-1-2-4-14(13)18(23)25/h1-6,9,15H,8,10-11H2,(H2,23,25)(H,24,26). The minimum absolute atomic E-state index is 0.106. The van der Waals surface area contributed by atoms with Crippen molar-refractivity contribution in [2.24, 2.45) is 5.73 Å². The number of rotatable bonds is 8. The van der Waals surface area contributed by atoms with E-state index in [-0.39, 0.29) is 12.5 Å². The number of carbonyl (C=O) groups excluding carboxylic acids is 2. The first-order valence-electron chi connectivity index (χ1n) is 7.99. The maximum absolute atomic E-state index is 12.6. The maximum Gasteiger partial charge on any atom is 0.249 e. The van der Waals surface area contributed by atoms with Crippen molar-refractivity contribution in [1.29, 1.82) is 5.26 Å². The summed E-state index contributed by atoms with van der Waals surface area (Å²) in [7, 11) is 0. The topological polar surface area (TPSA) is 96.0 Å². The number of nitrogens with two attached hydrogens (primary N) is 1. The SMILES string of the molecule is N#CCNC(=O)C(CSCc1ccc(Cl)c(Cl)c1)c1ccccc1C(N)=O. The van der Waals surface area contributed by atoms with Gasteiger partial charge in [-0.3, -0.25) is 9.59 Å². The van der Waals surface area contributed by atoms with Crippen molar-refractivity contribution in [3.05, 3.63) is 69.2 Å². The van der Waals surface area contributed by atoms with Crippen LogP contribution in [0.1, 0.15) is 27.4 Å². The molecule has 140 valence electrons. The zero-order valence-electron chi connectivity index (χ0n) is 14.2. The summed E-state index contributed by atoms with van der Waals surface area (Å²) in [6, 6.07) is 14.0. The minimum atomic E-state index is -0.616. The summed E-state index contributed by atoms with van der Waals surface area (Å²) in [6.45, 7) is -0.106. The number of hydrogen-bond acceptors (Lipinski definition) is 4. The normalized spacial score (nSPS) is 11.4. The van der Waals surface area contributed by atoms with Gasteiger partial charge in [0.25, 0.3) is 0 Å². The van der Waals surface area contributed by atoms with Crippen LogP contribution in [0.3, 0.4) is 0 Å². The number of amides is 2. The first kappa shape index (κ1) is 21.1. The van der Waals surface area contributed by atoms with Crippen molar-refractivity contribution in [3.63, 3.8) is 0 Å². The third-order valence-corrected chi connectivity index (χ3v) is 5.64. The Morgan fingerprint density at radius 3 is 2.59 bits per heavy atom. The minimum Gasteiger partial charge on any atom is -0.366 e. The fourth-order valence-corrected chi connectivity index (χ4v) is 3.93. The predicted molar refractivity (Wildman–Crippen MR) is 109 cm³/mol. The molecule has 2 aromatic rings.